The normalized spacial score (nSPS) is 15.4. The Bertz CT molecular complexity index is 862. The lowest BCUT2D eigenvalue weighted by Gasteiger charge is -2.35. The van der Waals surface area contributed by atoms with Crippen molar-refractivity contribution < 1.29 is 18.0 Å². The zero-order valence-corrected chi connectivity index (χ0v) is 17.2. The summed E-state index contributed by atoms with van der Waals surface area (Å²) in [6, 6.07) is 5.35. The summed E-state index contributed by atoms with van der Waals surface area (Å²) in [6.07, 6.45) is -3.58. The minimum atomic E-state index is -4.41. The van der Waals surface area contributed by atoms with E-state index in [1.807, 2.05) is 9.80 Å². The first kappa shape index (κ1) is 22.0. The van der Waals surface area contributed by atoms with Crippen molar-refractivity contribution in [3.8, 4) is 0 Å². The SMILES string of the molecule is O=C(CN1CCN(c2ccc(C(F)(F)F)cn2)CC1)Nc1c(Cl)cc(Cl)cc1Cl. The molecule has 1 amide bonds. The van der Waals surface area contributed by atoms with Crippen LogP contribution in [0.3, 0.4) is 0 Å². The topological polar surface area (TPSA) is 48.5 Å². The number of benzene rings is 1. The summed E-state index contributed by atoms with van der Waals surface area (Å²) in [6.45, 7) is 2.31. The first-order valence-electron chi connectivity index (χ1n) is 8.58. The van der Waals surface area contributed by atoms with Gasteiger partial charge >= 0.3 is 6.18 Å². The van der Waals surface area contributed by atoms with Crippen LogP contribution in [0, 0.1) is 0 Å². The average Bonchev–Trinajstić information content (AvgIpc) is 2.65. The number of hydrogen-bond acceptors (Lipinski definition) is 4. The van der Waals surface area contributed by atoms with E-state index in [2.05, 4.69) is 10.3 Å². The quantitative estimate of drug-likeness (QED) is 0.700. The Morgan fingerprint density at radius 1 is 1.07 bits per heavy atom. The summed E-state index contributed by atoms with van der Waals surface area (Å²) in [4.78, 5) is 20.0. The smallest absolute Gasteiger partial charge is 0.354 e. The summed E-state index contributed by atoms with van der Waals surface area (Å²) in [5, 5.41) is 3.54. The number of rotatable bonds is 4. The molecule has 0 saturated carbocycles. The second-order valence-corrected chi connectivity index (χ2v) is 7.71. The molecule has 1 saturated heterocycles. The van der Waals surface area contributed by atoms with Crippen LogP contribution in [0.2, 0.25) is 15.1 Å². The molecule has 1 fully saturated rings. The third kappa shape index (κ3) is 5.66. The summed E-state index contributed by atoms with van der Waals surface area (Å²) < 4.78 is 37.9. The average molecular weight is 468 g/mol. The van der Waals surface area contributed by atoms with Gasteiger partial charge in [-0.2, -0.15) is 13.2 Å². The van der Waals surface area contributed by atoms with Gasteiger partial charge in [-0.15, -0.1) is 0 Å². The lowest BCUT2D eigenvalue weighted by molar-refractivity contribution is -0.137. The molecule has 29 heavy (non-hydrogen) atoms. The van der Waals surface area contributed by atoms with Crippen LogP contribution in [0.5, 0.6) is 0 Å². The Morgan fingerprint density at radius 3 is 2.21 bits per heavy atom. The van der Waals surface area contributed by atoms with Crippen LogP contribution in [0.4, 0.5) is 24.7 Å². The van der Waals surface area contributed by atoms with Crippen molar-refractivity contribution in [2.45, 2.75) is 6.18 Å². The van der Waals surface area contributed by atoms with Gasteiger partial charge in [0.05, 0.1) is 27.8 Å². The molecule has 2 aromatic rings. The monoisotopic (exact) mass is 466 g/mol. The van der Waals surface area contributed by atoms with E-state index in [1.54, 1.807) is 0 Å². The van der Waals surface area contributed by atoms with E-state index in [0.29, 0.717) is 42.7 Å². The van der Waals surface area contributed by atoms with E-state index in [9.17, 15) is 18.0 Å². The minimum Gasteiger partial charge on any atom is -0.354 e. The summed E-state index contributed by atoms with van der Waals surface area (Å²) in [5.41, 5.74) is -0.480. The number of carbonyl (C=O) groups excluding carboxylic acids is 1. The molecule has 1 aliphatic heterocycles. The molecule has 0 atom stereocenters. The Hall–Kier alpha value is -1.74. The molecule has 3 rings (SSSR count). The van der Waals surface area contributed by atoms with Crippen molar-refractivity contribution in [2.24, 2.45) is 0 Å². The number of amides is 1. The lowest BCUT2D eigenvalue weighted by Crippen LogP contribution is -2.49. The third-order valence-corrected chi connectivity index (χ3v) is 5.22. The zero-order valence-electron chi connectivity index (χ0n) is 14.9. The minimum absolute atomic E-state index is 0.129. The molecule has 11 heteroatoms. The molecule has 0 spiro atoms. The molecule has 156 valence electrons. The van der Waals surface area contributed by atoms with Crippen LogP contribution in [-0.4, -0.2) is 48.5 Å². The van der Waals surface area contributed by atoms with Crippen molar-refractivity contribution in [2.75, 3.05) is 42.9 Å². The van der Waals surface area contributed by atoms with Crippen molar-refractivity contribution in [3.63, 3.8) is 0 Å². The first-order chi connectivity index (χ1) is 13.6. The predicted octanol–water partition coefficient (Wildman–Crippen LogP) is 4.82. The first-order valence-corrected chi connectivity index (χ1v) is 9.72. The lowest BCUT2D eigenvalue weighted by atomic mass is 10.2. The Kier molecular flexibility index (Phi) is 6.78. The highest BCUT2D eigenvalue weighted by molar-refractivity contribution is 6.42. The molecule has 0 unspecified atom stereocenters. The van der Waals surface area contributed by atoms with Crippen molar-refractivity contribution in [3.05, 3.63) is 51.1 Å². The van der Waals surface area contributed by atoms with E-state index in [-0.39, 0.29) is 22.5 Å². The van der Waals surface area contributed by atoms with Gasteiger partial charge < -0.3 is 10.2 Å². The highest BCUT2D eigenvalue weighted by Gasteiger charge is 2.31. The maximum absolute atomic E-state index is 12.6. The number of pyridine rings is 1. The van der Waals surface area contributed by atoms with Gasteiger partial charge in [-0.05, 0) is 24.3 Å². The maximum atomic E-state index is 12.6. The van der Waals surface area contributed by atoms with Gasteiger partial charge in [0.2, 0.25) is 5.91 Å². The second-order valence-electron chi connectivity index (χ2n) is 6.46. The van der Waals surface area contributed by atoms with Crippen LogP contribution in [-0.2, 0) is 11.0 Å². The number of anilines is 2. The Labute approximate surface area is 180 Å². The standard InChI is InChI=1S/C18H16Cl3F3N4O/c19-12-7-13(20)17(14(21)8-12)26-16(29)10-27-3-5-28(6-4-27)15-2-1-11(9-25-15)18(22,23)24/h1-2,7-9H,3-6,10H2,(H,26,29). The molecule has 1 aromatic carbocycles. The molecule has 0 aliphatic carbocycles. The number of aromatic nitrogens is 1. The zero-order chi connectivity index (χ0) is 21.2. The van der Waals surface area contributed by atoms with E-state index >= 15 is 0 Å². The van der Waals surface area contributed by atoms with Gasteiger partial charge in [0.1, 0.15) is 5.82 Å². The molecular formula is C18H16Cl3F3N4O. The third-order valence-electron chi connectivity index (χ3n) is 4.41. The number of alkyl halides is 3. The fraction of sp³-hybridized carbons (Fsp3) is 0.333. The van der Waals surface area contributed by atoms with Crippen molar-refractivity contribution >= 4 is 52.2 Å². The van der Waals surface area contributed by atoms with Crippen LogP contribution in [0.25, 0.3) is 0 Å². The predicted molar refractivity (Wildman–Crippen MR) is 108 cm³/mol. The number of hydrogen-bond donors (Lipinski definition) is 1. The van der Waals surface area contributed by atoms with E-state index in [0.717, 1.165) is 12.3 Å². The molecule has 1 aliphatic rings. The number of halogens is 6. The maximum Gasteiger partial charge on any atom is 0.417 e. The largest absolute Gasteiger partial charge is 0.417 e. The Morgan fingerprint density at radius 2 is 1.69 bits per heavy atom. The molecule has 0 radical (unpaired) electrons. The molecule has 0 bridgehead atoms. The van der Waals surface area contributed by atoms with Crippen LogP contribution < -0.4 is 10.2 Å². The summed E-state index contributed by atoms with van der Waals surface area (Å²) >= 11 is 18.0. The molecule has 5 nitrogen and oxygen atoms in total. The fourth-order valence-electron chi connectivity index (χ4n) is 2.92. The van der Waals surface area contributed by atoms with Gasteiger partial charge in [-0.1, -0.05) is 34.8 Å². The Balaban J connectivity index is 1.53. The number of nitrogens with zero attached hydrogens (tertiary/aromatic N) is 3. The van der Waals surface area contributed by atoms with Gasteiger partial charge in [-0.25, -0.2) is 4.98 Å². The second kappa shape index (κ2) is 8.95. The van der Waals surface area contributed by atoms with Crippen LogP contribution in [0.15, 0.2) is 30.5 Å². The van der Waals surface area contributed by atoms with Crippen molar-refractivity contribution in [1.29, 1.82) is 0 Å². The highest BCUT2D eigenvalue weighted by Crippen LogP contribution is 2.33. The van der Waals surface area contributed by atoms with Gasteiger partial charge in [0, 0.05) is 37.4 Å². The van der Waals surface area contributed by atoms with E-state index < -0.39 is 11.7 Å². The molecule has 2 heterocycles. The van der Waals surface area contributed by atoms with Crippen LogP contribution in [0.1, 0.15) is 5.56 Å². The van der Waals surface area contributed by atoms with Gasteiger partial charge in [0.25, 0.3) is 0 Å². The van der Waals surface area contributed by atoms with E-state index in [4.69, 9.17) is 34.8 Å². The highest BCUT2D eigenvalue weighted by atomic mass is 35.5. The number of piperazine rings is 1. The van der Waals surface area contributed by atoms with Gasteiger partial charge in [0.15, 0.2) is 0 Å². The summed E-state index contributed by atoms with van der Waals surface area (Å²) in [7, 11) is 0. The number of nitrogens with one attached hydrogen (secondary N) is 1. The van der Waals surface area contributed by atoms with Crippen LogP contribution >= 0.6 is 34.8 Å². The summed E-state index contributed by atoms with van der Waals surface area (Å²) in [5.74, 6) is 0.194. The molecular weight excluding hydrogens is 452 g/mol. The number of carbonyl (C=O) groups is 1. The van der Waals surface area contributed by atoms with Crippen molar-refractivity contribution in [1.82, 2.24) is 9.88 Å². The molecule has 1 aromatic heterocycles. The van der Waals surface area contributed by atoms with E-state index in [1.165, 1.54) is 18.2 Å². The molecule has 1 N–H and O–H groups in total. The fourth-order valence-corrected chi connectivity index (χ4v) is 3.83. The van der Waals surface area contributed by atoms with Gasteiger partial charge in [-0.3, -0.25) is 9.69 Å².